The molecule has 1 atom stereocenters. The minimum absolute atomic E-state index is 0.0458. The van der Waals surface area contributed by atoms with Crippen molar-refractivity contribution >= 4 is 33.5 Å². The van der Waals surface area contributed by atoms with Gasteiger partial charge < -0.3 is 10.1 Å². The Kier molecular flexibility index (Phi) is 6.45. The van der Waals surface area contributed by atoms with Gasteiger partial charge in [0, 0.05) is 10.6 Å². The molecule has 2 rings (SSSR count). The topological polar surface area (TPSA) is 89.5 Å². The van der Waals surface area contributed by atoms with Crippen LogP contribution in [0, 0.1) is 5.82 Å². The van der Waals surface area contributed by atoms with E-state index >= 15 is 0 Å². The Morgan fingerprint density at radius 3 is 2.60 bits per heavy atom. The van der Waals surface area contributed by atoms with Gasteiger partial charge >= 0.3 is 5.97 Å². The maximum Gasteiger partial charge on any atom is 0.307 e. The molecule has 1 heterocycles. The van der Waals surface area contributed by atoms with Crippen LogP contribution in [0.15, 0.2) is 29.2 Å². The fourth-order valence-corrected chi connectivity index (χ4v) is 5.41. The first-order chi connectivity index (χ1) is 11.7. The summed E-state index contributed by atoms with van der Waals surface area (Å²) in [6.07, 6.45) is 0.463. The molecule has 6 nitrogen and oxygen atoms in total. The van der Waals surface area contributed by atoms with Crippen LogP contribution in [0.3, 0.4) is 0 Å². The predicted molar refractivity (Wildman–Crippen MR) is 92.5 cm³/mol. The van der Waals surface area contributed by atoms with Crippen molar-refractivity contribution < 1.29 is 27.1 Å². The fourth-order valence-electron chi connectivity index (χ4n) is 2.48. The molecule has 1 aliphatic heterocycles. The van der Waals surface area contributed by atoms with Crippen molar-refractivity contribution in [3.63, 3.8) is 0 Å². The summed E-state index contributed by atoms with van der Waals surface area (Å²) in [7, 11) is -3.12. The number of rotatable bonds is 7. The van der Waals surface area contributed by atoms with Crippen molar-refractivity contribution in [2.45, 2.75) is 30.2 Å². The summed E-state index contributed by atoms with van der Waals surface area (Å²) >= 11 is 1.38. The number of hydrogen-bond donors (Lipinski definition) is 1. The number of carbonyl (C=O) groups excluding carboxylic acids is 2. The highest BCUT2D eigenvalue weighted by atomic mass is 32.2. The average molecular weight is 389 g/mol. The Hall–Kier alpha value is -1.61. The Balaban J connectivity index is 1.66. The summed E-state index contributed by atoms with van der Waals surface area (Å²) in [4.78, 5) is 24.3. The van der Waals surface area contributed by atoms with Crippen LogP contribution in [0.25, 0.3) is 0 Å². The molecule has 1 N–H and O–H groups in total. The number of hydrogen-bond acceptors (Lipinski definition) is 6. The fraction of sp³-hybridized carbons (Fsp3) is 0.500. The number of thioether (sulfide) groups is 1. The predicted octanol–water partition coefficient (Wildman–Crippen LogP) is 1.54. The third-order valence-corrected chi connectivity index (χ3v) is 6.61. The Morgan fingerprint density at radius 1 is 1.32 bits per heavy atom. The molecule has 138 valence electrons. The van der Waals surface area contributed by atoms with Crippen molar-refractivity contribution in [1.82, 2.24) is 5.32 Å². The number of esters is 1. The van der Waals surface area contributed by atoms with Gasteiger partial charge in [0.15, 0.2) is 16.4 Å². The van der Waals surface area contributed by atoms with E-state index in [1.165, 1.54) is 23.9 Å². The molecule has 0 saturated carbocycles. The van der Waals surface area contributed by atoms with Gasteiger partial charge in [-0.15, -0.1) is 11.8 Å². The van der Waals surface area contributed by atoms with Crippen molar-refractivity contribution in [2.75, 3.05) is 23.9 Å². The van der Waals surface area contributed by atoms with E-state index in [0.717, 1.165) is 4.90 Å². The third kappa shape index (κ3) is 6.66. The smallest absolute Gasteiger partial charge is 0.307 e. The SMILES string of the molecule is C[C@]1(NC(=O)COC(=O)CCSc2ccc(F)cc2)CCS(=O)(=O)C1. The minimum Gasteiger partial charge on any atom is -0.456 e. The van der Waals surface area contributed by atoms with Gasteiger partial charge in [0.2, 0.25) is 0 Å². The minimum atomic E-state index is -3.12. The van der Waals surface area contributed by atoms with E-state index in [-0.39, 0.29) is 23.7 Å². The van der Waals surface area contributed by atoms with E-state index in [1.807, 2.05) is 0 Å². The quantitative estimate of drug-likeness (QED) is 0.562. The standard InChI is InChI=1S/C16H20FNO5S2/c1-16(7-9-25(21,22)11-16)18-14(19)10-23-15(20)6-8-24-13-4-2-12(17)3-5-13/h2-5H,6-11H2,1H3,(H,18,19)/t16-/m0/s1. The van der Waals surface area contributed by atoms with E-state index in [0.29, 0.717) is 12.2 Å². The lowest BCUT2D eigenvalue weighted by molar-refractivity contribution is -0.148. The summed E-state index contributed by atoms with van der Waals surface area (Å²) in [5, 5.41) is 2.62. The van der Waals surface area contributed by atoms with Crippen LogP contribution in [-0.2, 0) is 24.2 Å². The highest BCUT2D eigenvalue weighted by Gasteiger charge is 2.39. The number of nitrogens with one attached hydrogen (secondary N) is 1. The molecule has 0 radical (unpaired) electrons. The van der Waals surface area contributed by atoms with E-state index in [1.54, 1.807) is 19.1 Å². The van der Waals surface area contributed by atoms with Gasteiger partial charge in [-0.05, 0) is 37.6 Å². The maximum absolute atomic E-state index is 12.8. The highest BCUT2D eigenvalue weighted by molar-refractivity contribution is 7.99. The van der Waals surface area contributed by atoms with Gasteiger partial charge in [-0.1, -0.05) is 0 Å². The first-order valence-corrected chi connectivity index (χ1v) is 10.5. The van der Waals surface area contributed by atoms with Crippen LogP contribution in [0.1, 0.15) is 19.8 Å². The first-order valence-electron chi connectivity index (χ1n) is 7.73. The summed E-state index contributed by atoms with van der Waals surface area (Å²) in [6, 6.07) is 5.92. The molecule has 1 aromatic carbocycles. The monoisotopic (exact) mass is 389 g/mol. The maximum atomic E-state index is 12.8. The molecule has 1 fully saturated rings. The van der Waals surface area contributed by atoms with Crippen LogP contribution in [0.4, 0.5) is 4.39 Å². The van der Waals surface area contributed by atoms with Crippen LogP contribution in [0.5, 0.6) is 0 Å². The molecule has 1 aromatic rings. The molecule has 0 spiro atoms. The lowest BCUT2D eigenvalue weighted by atomic mass is 10.0. The van der Waals surface area contributed by atoms with Gasteiger partial charge in [-0.3, -0.25) is 9.59 Å². The Morgan fingerprint density at radius 2 is 2.00 bits per heavy atom. The Bertz CT molecular complexity index is 735. The van der Waals surface area contributed by atoms with E-state index in [9.17, 15) is 22.4 Å². The summed E-state index contributed by atoms with van der Waals surface area (Å²) in [5.74, 6) is -0.966. The van der Waals surface area contributed by atoms with Crippen molar-refractivity contribution in [3.05, 3.63) is 30.1 Å². The lowest BCUT2D eigenvalue weighted by Crippen LogP contribution is -2.48. The van der Waals surface area contributed by atoms with Gasteiger partial charge in [0.25, 0.3) is 5.91 Å². The second-order valence-electron chi connectivity index (χ2n) is 6.16. The number of ether oxygens (including phenoxy) is 1. The molecule has 0 unspecified atom stereocenters. The second kappa shape index (κ2) is 8.18. The first kappa shape index (κ1) is 19.7. The Labute approximate surface area is 150 Å². The van der Waals surface area contributed by atoms with Gasteiger partial charge in [-0.25, -0.2) is 12.8 Å². The molecule has 0 aromatic heterocycles. The van der Waals surface area contributed by atoms with Gasteiger partial charge in [0.05, 0.1) is 23.5 Å². The zero-order valence-electron chi connectivity index (χ0n) is 13.8. The molecule has 1 aliphatic rings. The number of sulfone groups is 1. The van der Waals surface area contributed by atoms with Crippen molar-refractivity contribution in [2.24, 2.45) is 0 Å². The third-order valence-electron chi connectivity index (χ3n) is 3.70. The summed E-state index contributed by atoms with van der Waals surface area (Å²) < 4.78 is 40.6. The van der Waals surface area contributed by atoms with Crippen LogP contribution in [-0.4, -0.2) is 49.7 Å². The molecule has 1 amide bonds. The van der Waals surface area contributed by atoms with Crippen LogP contribution >= 0.6 is 11.8 Å². The number of halogens is 1. The number of carbonyl (C=O) groups is 2. The molecule has 1 saturated heterocycles. The van der Waals surface area contributed by atoms with E-state index < -0.39 is 33.9 Å². The zero-order chi connectivity index (χ0) is 18.5. The number of amides is 1. The zero-order valence-corrected chi connectivity index (χ0v) is 15.4. The molecular formula is C16H20FNO5S2. The molecule has 9 heteroatoms. The van der Waals surface area contributed by atoms with Crippen molar-refractivity contribution in [1.29, 1.82) is 0 Å². The van der Waals surface area contributed by atoms with Crippen LogP contribution < -0.4 is 5.32 Å². The van der Waals surface area contributed by atoms with E-state index in [4.69, 9.17) is 4.74 Å². The summed E-state index contributed by atoms with van der Waals surface area (Å²) in [6.45, 7) is 1.23. The average Bonchev–Trinajstić information content (AvgIpc) is 2.80. The summed E-state index contributed by atoms with van der Waals surface area (Å²) in [5.41, 5.74) is -0.805. The highest BCUT2D eigenvalue weighted by Crippen LogP contribution is 2.22. The lowest BCUT2D eigenvalue weighted by Gasteiger charge is -2.23. The van der Waals surface area contributed by atoms with Gasteiger partial charge in [-0.2, -0.15) is 0 Å². The molecule has 0 bridgehead atoms. The molecule has 25 heavy (non-hydrogen) atoms. The van der Waals surface area contributed by atoms with Crippen molar-refractivity contribution in [3.8, 4) is 0 Å². The largest absolute Gasteiger partial charge is 0.456 e. The second-order valence-corrected chi connectivity index (χ2v) is 9.52. The van der Waals surface area contributed by atoms with E-state index in [2.05, 4.69) is 5.32 Å². The van der Waals surface area contributed by atoms with Gasteiger partial charge in [0.1, 0.15) is 5.82 Å². The van der Waals surface area contributed by atoms with Crippen LogP contribution in [0.2, 0.25) is 0 Å². The number of benzene rings is 1. The normalized spacial score (nSPS) is 21.7. The molecular weight excluding hydrogens is 369 g/mol. The molecule has 0 aliphatic carbocycles.